The predicted molar refractivity (Wildman–Crippen MR) is 134 cm³/mol. The van der Waals surface area contributed by atoms with Crippen LogP contribution in [0.25, 0.3) is 0 Å². The number of amides is 2. The second-order valence-electron chi connectivity index (χ2n) is 7.03. The van der Waals surface area contributed by atoms with Crippen LogP contribution in [0, 0.1) is 0 Å². The zero-order valence-corrected chi connectivity index (χ0v) is 20.1. The first kappa shape index (κ1) is 23.3. The van der Waals surface area contributed by atoms with Crippen molar-refractivity contribution in [3.05, 3.63) is 69.7 Å². The maximum absolute atomic E-state index is 12.2. The van der Waals surface area contributed by atoms with Crippen LogP contribution in [-0.2, 0) is 17.6 Å². The third-order valence-electron chi connectivity index (χ3n) is 4.59. The topological polar surface area (TPSA) is 110 Å². The number of carbonyl (C=O) groups is 2. The van der Waals surface area contributed by atoms with Gasteiger partial charge in [0, 0.05) is 24.0 Å². The highest BCUT2D eigenvalue weighted by molar-refractivity contribution is 7.99. The molecule has 0 spiro atoms. The van der Waals surface area contributed by atoms with Gasteiger partial charge < -0.3 is 0 Å². The van der Waals surface area contributed by atoms with Crippen molar-refractivity contribution in [2.75, 3.05) is 22.1 Å². The molecule has 0 fully saturated rings. The second kappa shape index (κ2) is 11.8. The number of nitrogens with zero attached hydrogens (tertiary/aromatic N) is 4. The Kier molecular flexibility index (Phi) is 8.34. The number of nitrogens with one attached hydrogen (secondary N) is 2. The Bertz CT molecular complexity index is 1160. The fourth-order valence-corrected chi connectivity index (χ4v) is 5.55. The van der Waals surface area contributed by atoms with Crippen molar-refractivity contribution < 1.29 is 9.59 Å². The van der Waals surface area contributed by atoms with Crippen molar-refractivity contribution in [2.45, 2.75) is 25.7 Å². The van der Waals surface area contributed by atoms with Gasteiger partial charge in [-0.3, -0.25) is 20.2 Å². The van der Waals surface area contributed by atoms with E-state index in [1.54, 1.807) is 23.9 Å². The van der Waals surface area contributed by atoms with E-state index in [1.165, 1.54) is 22.7 Å². The lowest BCUT2D eigenvalue weighted by atomic mass is 10.1. The summed E-state index contributed by atoms with van der Waals surface area (Å²) in [7, 11) is 0. The summed E-state index contributed by atoms with van der Waals surface area (Å²) < 4.78 is 0. The van der Waals surface area contributed by atoms with E-state index in [9.17, 15) is 9.59 Å². The van der Waals surface area contributed by atoms with E-state index in [1.807, 2.05) is 36.4 Å². The fraction of sp³-hybridized carbons (Fsp3) is 0.273. The molecule has 0 saturated carbocycles. The van der Waals surface area contributed by atoms with Crippen molar-refractivity contribution in [3.63, 3.8) is 0 Å². The molecule has 0 bridgehead atoms. The maximum atomic E-state index is 12.2. The number of rotatable bonds is 10. The molecule has 1 aromatic carbocycles. The number of benzene rings is 1. The number of aryl methyl sites for hydroxylation is 2. The lowest BCUT2D eigenvalue weighted by molar-refractivity contribution is -0.112. The molecule has 0 unspecified atom stereocenters. The van der Waals surface area contributed by atoms with Gasteiger partial charge in [0.05, 0.1) is 0 Å². The molecular formula is C22H22N6O2S3. The van der Waals surface area contributed by atoms with E-state index in [0.29, 0.717) is 21.4 Å². The van der Waals surface area contributed by atoms with Gasteiger partial charge in [-0.15, -0.1) is 20.4 Å². The maximum Gasteiger partial charge on any atom is 0.257 e. The third-order valence-corrected chi connectivity index (χ3v) is 7.37. The summed E-state index contributed by atoms with van der Waals surface area (Å²) in [4.78, 5) is 24.4. The molecule has 33 heavy (non-hydrogen) atoms. The lowest BCUT2D eigenvalue weighted by Crippen LogP contribution is -2.13. The number of aromatic nitrogens is 4. The van der Waals surface area contributed by atoms with Gasteiger partial charge in [-0.2, -0.15) is 11.8 Å². The Balaban J connectivity index is 1.14. The zero-order valence-electron chi connectivity index (χ0n) is 17.7. The number of carbonyl (C=O) groups excluding carboxylic acids is 2. The Labute approximate surface area is 203 Å². The van der Waals surface area contributed by atoms with Crippen LogP contribution in [0.3, 0.4) is 0 Å². The molecule has 2 amide bonds. The minimum atomic E-state index is -0.188. The van der Waals surface area contributed by atoms with Crippen LogP contribution in [0.5, 0.6) is 0 Å². The number of thioether (sulfide) groups is 1. The average Bonchev–Trinajstić information content (AvgIpc) is 3.49. The Morgan fingerprint density at radius 3 is 2.09 bits per heavy atom. The number of anilines is 2. The molecule has 8 nitrogen and oxygen atoms in total. The molecule has 0 atom stereocenters. The van der Waals surface area contributed by atoms with Crippen LogP contribution in [0.2, 0.25) is 0 Å². The fourth-order valence-electron chi connectivity index (χ4n) is 2.94. The van der Waals surface area contributed by atoms with E-state index in [-0.39, 0.29) is 11.8 Å². The van der Waals surface area contributed by atoms with Crippen molar-refractivity contribution in [2.24, 2.45) is 0 Å². The minimum absolute atomic E-state index is 0.139. The normalized spacial score (nSPS) is 12.9. The SMILES string of the molecule is O=C(Nc1nnc(CCSCCc2nnc(NC(=O)c3ccccc3)s2)s1)C1=CCCC=C1. The molecule has 4 rings (SSSR count). The first-order valence-corrected chi connectivity index (χ1v) is 13.2. The number of hydrogen-bond acceptors (Lipinski definition) is 9. The van der Waals surface area contributed by atoms with Gasteiger partial charge in [-0.1, -0.05) is 59.1 Å². The highest BCUT2D eigenvalue weighted by atomic mass is 32.2. The summed E-state index contributed by atoms with van der Waals surface area (Å²) in [5.74, 6) is 1.46. The van der Waals surface area contributed by atoms with Gasteiger partial charge in [0.15, 0.2) is 0 Å². The molecule has 2 aromatic heterocycles. The number of allylic oxidation sites excluding steroid dienone is 2. The molecule has 0 radical (unpaired) electrons. The first-order chi connectivity index (χ1) is 16.2. The summed E-state index contributed by atoms with van der Waals surface area (Å²) in [5.41, 5.74) is 1.26. The van der Waals surface area contributed by atoms with E-state index in [2.05, 4.69) is 31.0 Å². The summed E-state index contributed by atoms with van der Waals surface area (Å²) in [5, 5.41) is 24.9. The summed E-state index contributed by atoms with van der Waals surface area (Å²) in [6.07, 6.45) is 9.21. The Hall–Kier alpha value is -2.89. The molecule has 11 heteroatoms. The first-order valence-electron chi connectivity index (χ1n) is 10.4. The van der Waals surface area contributed by atoms with Crippen molar-refractivity contribution >= 4 is 56.5 Å². The van der Waals surface area contributed by atoms with Gasteiger partial charge in [0.25, 0.3) is 11.8 Å². The highest BCUT2D eigenvalue weighted by Gasteiger charge is 2.13. The zero-order chi connectivity index (χ0) is 22.9. The Morgan fingerprint density at radius 1 is 0.848 bits per heavy atom. The minimum Gasteiger partial charge on any atom is -0.296 e. The standard InChI is InChI=1S/C22H22N6O2S3/c29-19(15-7-3-1-4-8-15)23-21-27-25-17(32-21)11-13-31-14-12-18-26-28-22(33-18)24-20(30)16-9-5-2-6-10-16/h1,3-5,7-10H,2,6,11-14H2,(H,23,27,29)(H,24,28,30). The van der Waals surface area contributed by atoms with Crippen molar-refractivity contribution in [3.8, 4) is 0 Å². The smallest absolute Gasteiger partial charge is 0.257 e. The third kappa shape index (κ3) is 7.04. The number of hydrogen-bond donors (Lipinski definition) is 2. The van der Waals surface area contributed by atoms with Crippen LogP contribution in [0.1, 0.15) is 33.2 Å². The molecule has 170 valence electrons. The molecule has 2 heterocycles. The van der Waals surface area contributed by atoms with Crippen LogP contribution < -0.4 is 10.6 Å². The monoisotopic (exact) mass is 498 g/mol. The Morgan fingerprint density at radius 2 is 1.48 bits per heavy atom. The molecule has 2 N–H and O–H groups in total. The molecule has 1 aliphatic carbocycles. The average molecular weight is 499 g/mol. The summed E-state index contributed by atoms with van der Waals surface area (Å²) >= 11 is 4.59. The summed E-state index contributed by atoms with van der Waals surface area (Å²) in [6, 6.07) is 9.03. The van der Waals surface area contributed by atoms with E-state index < -0.39 is 0 Å². The predicted octanol–water partition coefficient (Wildman–Crippen LogP) is 4.38. The van der Waals surface area contributed by atoms with Gasteiger partial charge >= 0.3 is 0 Å². The van der Waals surface area contributed by atoms with Crippen LogP contribution >= 0.6 is 34.4 Å². The van der Waals surface area contributed by atoms with Gasteiger partial charge in [0.2, 0.25) is 10.3 Å². The molecule has 1 aliphatic rings. The molecule has 0 aliphatic heterocycles. The lowest BCUT2D eigenvalue weighted by Gasteiger charge is -2.05. The van der Waals surface area contributed by atoms with E-state index >= 15 is 0 Å². The quantitative estimate of drug-likeness (QED) is 0.399. The van der Waals surface area contributed by atoms with E-state index in [4.69, 9.17) is 0 Å². The highest BCUT2D eigenvalue weighted by Crippen LogP contribution is 2.21. The summed E-state index contributed by atoms with van der Waals surface area (Å²) in [6.45, 7) is 0. The van der Waals surface area contributed by atoms with Crippen LogP contribution in [-0.4, -0.2) is 43.7 Å². The molecular weight excluding hydrogens is 476 g/mol. The largest absolute Gasteiger partial charge is 0.296 e. The van der Waals surface area contributed by atoms with E-state index in [0.717, 1.165) is 47.2 Å². The van der Waals surface area contributed by atoms with Gasteiger partial charge in [0.1, 0.15) is 10.0 Å². The van der Waals surface area contributed by atoms with Gasteiger partial charge in [-0.05, 0) is 36.5 Å². The van der Waals surface area contributed by atoms with Crippen LogP contribution in [0.15, 0.2) is 54.1 Å². The van der Waals surface area contributed by atoms with Crippen molar-refractivity contribution in [1.29, 1.82) is 0 Å². The second-order valence-corrected chi connectivity index (χ2v) is 10.4. The van der Waals surface area contributed by atoms with Gasteiger partial charge in [-0.25, -0.2) is 0 Å². The molecule has 0 saturated heterocycles. The van der Waals surface area contributed by atoms with Crippen LogP contribution in [0.4, 0.5) is 10.3 Å². The molecule has 3 aromatic rings. The van der Waals surface area contributed by atoms with Crippen molar-refractivity contribution in [1.82, 2.24) is 20.4 Å².